The smallest absolute Gasteiger partial charge is 0.0464 e. The highest BCUT2D eigenvalue weighted by Crippen LogP contribution is 2.28. The van der Waals surface area contributed by atoms with Gasteiger partial charge in [0.1, 0.15) is 0 Å². The standard InChI is InChI=1S/C9H11Cl2NO/c1-5-7(4-12-13)6(2)9(11)3-8(5)10/h3,12-13H,4H2,1-2H3. The van der Waals surface area contributed by atoms with Crippen molar-refractivity contribution in [1.82, 2.24) is 5.48 Å². The van der Waals surface area contributed by atoms with Crippen LogP contribution in [0.15, 0.2) is 6.07 Å². The molecule has 0 radical (unpaired) electrons. The fourth-order valence-corrected chi connectivity index (χ4v) is 1.74. The molecule has 1 aromatic rings. The Bertz CT molecular complexity index is 300. The van der Waals surface area contributed by atoms with Crippen molar-refractivity contribution in [2.45, 2.75) is 20.4 Å². The van der Waals surface area contributed by atoms with E-state index in [4.69, 9.17) is 28.4 Å². The molecule has 0 aromatic heterocycles. The first-order valence-corrected chi connectivity index (χ1v) is 4.64. The molecule has 2 nitrogen and oxygen atoms in total. The minimum Gasteiger partial charge on any atom is -0.316 e. The van der Waals surface area contributed by atoms with Crippen LogP contribution in [-0.2, 0) is 6.54 Å². The zero-order valence-electron chi connectivity index (χ0n) is 7.49. The van der Waals surface area contributed by atoms with Crippen molar-refractivity contribution in [3.8, 4) is 0 Å². The van der Waals surface area contributed by atoms with Crippen LogP contribution in [0, 0.1) is 13.8 Å². The van der Waals surface area contributed by atoms with Gasteiger partial charge in [0.05, 0.1) is 0 Å². The molecule has 0 heterocycles. The Hall–Kier alpha value is -0.280. The molecule has 2 N–H and O–H groups in total. The van der Waals surface area contributed by atoms with Crippen molar-refractivity contribution >= 4 is 23.2 Å². The fraction of sp³-hybridized carbons (Fsp3) is 0.333. The average molecular weight is 220 g/mol. The molecule has 0 fully saturated rings. The molecule has 0 aliphatic rings. The van der Waals surface area contributed by atoms with Crippen LogP contribution in [0.2, 0.25) is 10.0 Å². The molecule has 0 aliphatic carbocycles. The number of hydrogen-bond acceptors (Lipinski definition) is 2. The van der Waals surface area contributed by atoms with Crippen LogP contribution in [0.5, 0.6) is 0 Å². The van der Waals surface area contributed by atoms with Gasteiger partial charge in [-0.1, -0.05) is 23.2 Å². The molecular formula is C9H11Cl2NO. The molecule has 1 rings (SSSR count). The van der Waals surface area contributed by atoms with E-state index in [1.54, 1.807) is 6.07 Å². The second kappa shape index (κ2) is 4.29. The molecule has 1 aromatic carbocycles. The van der Waals surface area contributed by atoms with Crippen LogP contribution in [0.25, 0.3) is 0 Å². The topological polar surface area (TPSA) is 32.3 Å². The number of nitrogens with one attached hydrogen (secondary N) is 1. The maximum absolute atomic E-state index is 8.61. The Morgan fingerprint density at radius 1 is 1.23 bits per heavy atom. The number of hydroxylamine groups is 1. The van der Waals surface area contributed by atoms with E-state index >= 15 is 0 Å². The van der Waals surface area contributed by atoms with Gasteiger partial charge in [-0.25, -0.2) is 5.48 Å². The molecule has 0 saturated carbocycles. The predicted octanol–water partition coefficient (Wildman–Crippen LogP) is 3.09. The quantitative estimate of drug-likeness (QED) is 0.750. The highest BCUT2D eigenvalue weighted by molar-refractivity contribution is 6.35. The summed E-state index contributed by atoms with van der Waals surface area (Å²) >= 11 is 11.9. The summed E-state index contributed by atoms with van der Waals surface area (Å²) in [7, 11) is 0. The normalized spacial score (nSPS) is 10.5. The highest BCUT2D eigenvalue weighted by atomic mass is 35.5. The third kappa shape index (κ3) is 2.15. The second-order valence-electron chi connectivity index (χ2n) is 2.90. The minimum atomic E-state index is 0.359. The Labute approximate surface area is 87.4 Å². The maximum atomic E-state index is 8.61. The van der Waals surface area contributed by atoms with E-state index in [1.165, 1.54) is 0 Å². The van der Waals surface area contributed by atoms with Gasteiger partial charge in [0.25, 0.3) is 0 Å². The van der Waals surface area contributed by atoms with Crippen molar-refractivity contribution in [2.75, 3.05) is 0 Å². The van der Waals surface area contributed by atoms with Gasteiger partial charge in [-0.15, -0.1) is 0 Å². The molecule has 0 unspecified atom stereocenters. The van der Waals surface area contributed by atoms with Gasteiger partial charge in [-0.2, -0.15) is 0 Å². The minimum absolute atomic E-state index is 0.359. The molecular weight excluding hydrogens is 209 g/mol. The lowest BCUT2D eigenvalue weighted by Crippen LogP contribution is -2.09. The first-order chi connectivity index (χ1) is 6.07. The predicted molar refractivity (Wildman–Crippen MR) is 54.6 cm³/mol. The lowest BCUT2D eigenvalue weighted by Gasteiger charge is -2.11. The summed E-state index contributed by atoms with van der Waals surface area (Å²) < 4.78 is 0. The van der Waals surface area contributed by atoms with E-state index in [2.05, 4.69) is 5.48 Å². The van der Waals surface area contributed by atoms with Gasteiger partial charge in [0, 0.05) is 16.6 Å². The number of rotatable bonds is 2. The van der Waals surface area contributed by atoms with E-state index in [0.717, 1.165) is 16.7 Å². The van der Waals surface area contributed by atoms with Crippen molar-refractivity contribution in [1.29, 1.82) is 0 Å². The van der Waals surface area contributed by atoms with Crippen LogP contribution in [-0.4, -0.2) is 5.21 Å². The molecule has 0 atom stereocenters. The van der Waals surface area contributed by atoms with Gasteiger partial charge in [-0.3, -0.25) is 0 Å². The summed E-state index contributed by atoms with van der Waals surface area (Å²) in [5.41, 5.74) is 4.95. The van der Waals surface area contributed by atoms with E-state index in [-0.39, 0.29) is 0 Å². The lowest BCUT2D eigenvalue weighted by molar-refractivity contribution is 0.161. The van der Waals surface area contributed by atoms with Gasteiger partial charge in [0.15, 0.2) is 0 Å². The van der Waals surface area contributed by atoms with E-state index in [0.29, 0.717) is 16.6 Å². The Kier molecular flexibility index (Phi) is 3.56. The molecule has 0 bridgehead atoms. The monoisotopic (exact) mass is 219 g/mol. The van der Waals surface area contributed by atoms with Gasteiger partial charge in [-0.05, 0) is 36.6 Å². The largest absolute Gasteiger partial charge is 0.316 e. The summed E-state index contributed by atoms with van der Waals surface area (Å²) in [6, 6.07) is 1.72. The molecule has 4 heteroatoms. The number of halogens is 2. The van der Waals surface area contributed by atoms with Crippen LogP contribution in [0.4, 0.5) is 0 Å². The van der Waals surface area contributed by atoms with Crippen LogP contribution in [0.1, 0.15) is 16.7 Å². The summed E-state index contributed by atoms with van der Waals surface area (Å²) in [4.78, 5) is 0. The molecule has 13 heavy (non-hydrogen) atoms. The third-order valence-electron chi connectivity index (χ3n) is 2.13. The van der Waals surface area contributed by atoms with Gasteiger partial charge >= 0.3 is 0 Å². The van der Waals surface area contributed by atoms with E-state index in [1.807, 2.05) is 13.8 Å². The summed E-state index contributed by atoms with van der Waals surface area (Å²) in [6.45, 7) is 4.16. The first kappa shape index (κ1) is 10.8. The van der Waals surface area contributed by atoms with Crippen molar-refractivity contribution in [2.24, 2.45) is 0 Å². The second-order valence-corrected chi connectivity index (χ2v) is 3.72. The highest BCUT2D eigenvalue weighted by Gasteiger charge is 2.09. The first-order valence-electron chi connectivity index (χ1n) is 3.89. The number of hydrogen-bond donors (Lipinski definition) is 2. The lowest BCUT2D eigenvalue weighted by atomic mass is 10.0. The van der Waals surface area contributed by atoms with Crippen LogP contribution in [0.3, 0.4) is 0 Å². The average Bonchev–Trinajstić information content (AvgIpc) is 2.09. The Morgan fingerprint density at radius 2 is 1.69 bits per heavy atom. The van der Waals surface area contributed by atoms with Crippen LogP contribution >= 0.6 is 23.2 Å². The third-order valence-corrected chi connectivity index (χ3v) is 2.92. The zero-order chi connectivity index (χ0) is 10.0. The van der Waals surface area contributed by atoms with Crippen LogP contribution < -0.4 is 5.48 Å². The van der Waals surface area contributed by atoms with Crippen molar-refractivity contribution in [3.63, 3.8) is 0 Å². The molecule has 0 saturated heterocycles. The van der Waals surface area contributed by atoms with Gasteiger partial charge < -0.3 is 5.21 Å². The summed E-state index contributed by atoms with van der Waals surface area (Å²) in [6.07, 6.45) is 0. The van der Waals surface area contributed by atoms with Crippen molar-refractivity contribution < 1.29 is 5.21 Å². The zero-order valence-corrected chi connectivity index (χ0v) is 9.00. The van der Waals surface area contributed by atoms with Crippen molar-refractivity contribution in [3.05, 3.63) is 32.8 Å². The Morgan fingerprint density at radius 3 is 2.08 bits per heavy atom. The molecule has 0 amide bonds. The van der Waals surface area contributed by atoms with E-state index < -0.39 is 0 Å². The molecule has 72 valence electrons. The maximum Gasteiger partial charge on any atom is 0.0464 e. The fourth-order valence-electron chi connectivity index (χ4n) is 1.24. The van der Waals surface area contributed by atoms with E-state index in [9.17, 15) is 0 Å². The SMILES string of the molecule is Cc1c(Cl)cc(Cl)c(C)c1CNO. The summed E-state index contributed by atoms with van der Waals surface area (Å²) in [5.74, 6) is 0. The summed E-state index contributed by atoms with van der Waals surface area (Å²) in [5, 5.41) is 9.87. The number of benzene rings is 1. The Balaban J connectivity index is 3.28. The molecule has 0 spiro atoms. The molecule has 0 aliphatic heterocycles. The van der Waals surface area contributed by atoms with Gasteiger partial charge in [0.2, 0.25) is 0 Å².